The van der Waals surface area contributed by atoms with Crippen LogP contribution in [0.25, 0.3) is 21.8 Å². The quantitative estimate of drug-likeness (QED) is 0.387. The first-order chi connectivity index (χ1) is 16.4. The molecule has 0 atom stereocenters. The van der Waals surface area contributed by atoms with Crippen molar-refractivity contribution in [3.63, 3.8) is 0 Å². The van der Waals surface area contributed by atoms with E-state index in [9.17, 15) is 17.2 Å². The minimum Gasteiger partial charge on any atom is -0.368 e. The summed E-state index contributed by atoms with van der Waals surface area (Å²) in [6.45, 7) is 5.81. The number of benzene rings is 1. The monoisotopic (exact) mass is 517 g/mol. The van der Waals surface area contributed by atoms with Gasteiger partial charge in [-0.05, 0) is 24.3 Å². The molecule has 4 rings (SSSR count). The Morgan fingerprint density at radius 1 is 1.11 bits per heavy atom. The van der Waals surface area contributed by atoms with Gasteiger partial charge in [-0.3, -0.25) is 4.72 Å². The van der Waals surface area contributed by atoms with Crippen molar-refractivity contribution >= 4 is 33.0 Å². The fourth-order valence-electron chi connectivity index (χ4n) is 3.12. The lowest BCUT2D eigenvalue weighted by Gasteiger charge is -2.14. The number of sulfonamides is 1. The number of hydrogen-bond donors (Lipinski definition) is 2. The summed E-state index contributed by atoms with van der Waals surface area (Å²) in [4.78, 5) is 11.9. The predicted molar refractivity (Wildman–Crippen MR) is 126 cm³/mol. The van der Waals surface area contributed by atoms with Crippen LogP contribution >= 0.6 is 11.3 Å². The van der Waals surface area contributed by atoms with Gasteiger partial charge in [0, 0.05) is 23.2 Å². The average molecular weight is 518 g/mol. The maximum atomic E-state index is 15.7. The van der Waals surface area contributed by atoms with Gasteiger partial charge in [-0.2, -0.15) is 4.39 Å². The number of nitrogen functional groups attached to an aromatic ring is 1. The first kappa shape index (κ1) is 24.4. The molecule has 4 aromatic rings. The van der Waals surface area contributed by atoms with Crippen LogP contribution in [0.3, 0.4) is 0 Å². The van der Waals surface area contributed by atoms with Gasteiger partial charge in [0.1, 0.15) is 0 Å². The van der Waals surface area contributed by atoms with Gasteiger partial charge in [0.25, 0.3) is 10.0 Å². The van der Waals surface area contributed by atoms with Crippen LogP contribution in [0.5, 0.6) is 0 Å². The average Bonchev–Trinajstić information content (AvgIpc) is 3.21. The molecule has 0 unspecified atom stereocenters. The molecule has 0 saturated heterocycles. The molecule has 2 heterocycles. The van der Waals surface area contributed by atoms with Crippen molar-refractivity contribution < 1.29 is 21.6 Å². The van der Waals surface area contributed by atoms with Crippen LogP contribution in [-0.2, 0) is 15.4 Å². The molecule has 0 bridgehead atoms. The minimum atomic E-state index is -4.83. The number of halogens is 3. The van der Waals surface area contributed by atoms with Crippen LogP contribution in [0.2, 0.25) is 0 Å². The van der Waals surface area contributed by atoms with E-state index < -0.39 is 38.1 Å². The standard InChI is InChI=1S/C23H18F3N5O2S2/c1-23(2,3)21-30-18(19(34-21)16-10-11-28-22(27)29-16)12-6-4-9-15(17(12)26)31-35(32,33)20-13(24)7-5-8-14(20)25/h4,6-7,9-11,31H,1-3H3,(H2,27,28,29). The Bertz CT molecular complexity index is 1510. The van der Waals surface area contributed by atoms with E-state index in [2.05, 4.69) is 15.0 Å². The summed E-state index contributed by atoms with van der Waals surface area (Å²) in [7, 11) is -4.83. The smallest absolute Gasteiger partial charge is 0.268 e. The molecule has 2 aromatic carbocycles. The third kappa shape index (κ3) is 4.78. The zero-order valence-electron chi connectivity index (χ0n) is 18.6. The van der Waals surface area contributed by atoms with Gasteiger partial charge in [-0.15, -0.1) is 11.3 Å². The molecule has 0 spiro atoms. The maximum Gasteiger partial charge on any atom is 0.268 e. The van der Waals surface area contributed by atoms with Crippen molar-refractivity contribution in [3.05, 3.63) is 71.1 Å². The van der Waals surface area contributed by atoms with Crippen molar-refractivity contribution in [1.82, 2.24) is 15.0 Å². The normalized spacial score (nSPS) is 11.8. The van der Waals surface area contributed by atoms with E-state index in [4.69, 9.17) is 5.73 Å². The molecule has 0 amide bonds. The van der Waals surface area contributed by atoms with Gasteiger partial charge in [-0.25, -0.2) is 32.2 Å². The van der Waals surface area contributed by atoms with E-state index in [-0.39, 0.29) is 22.6 Å². The summed E-state index contributed by atoms with van der Waals surface area (Å²) >= 11 is 1.28. The Morgan fingerprint density at radius 3 is 2.51 bits per heavy atom. The van der Waals surface area contributed by atoms with Crippen molar-refractivity contribution in [1.29, 1.82) is 0 Å². The highest BCUT2D eigenvalue weighted by molar-refractivity contribution is 7.92. The zero-order chi connectivity index (χ0) is 25.5. The van der Waals surface area contributed by atoms with E-state index in [1.165, 1.54) is 29.7 Å². The van der Waals surface area contributed by atoms with Crippen molar-refractivity contribution in [2.75, 3.05) is 10.5 Å². The van der Waals surface area contributed by atoms with Gasteiger partial charge in [0.15, 0.2) is 22.3 Å². The van der Waals surface area contributed by atoms with Crippen LogP contribution in [0, 0.1) is 29.6 Å². The topological polar surface area (TPSA) is 111 Å². The SMILES string of the molecule is CC(C)(C)c1nc(-c2cccc(NS(=O)(=O)c3c(F)c#ccc3F)c2F)c(-c2ccnc(N)n2)s1. The minimum absolute atomic E-state index is 0.0158. The summed E-state index contributed by atoms with van der Waals surface area (Å²) < 4.78 is 71.0. The van der Waals surface area contributed by atoms with E-state index in [0.29, 0.717) is 21.6 Å². The number of anilines is 2. The van der Waals surface area contributed by atoms with E-state index in [1.54, 1.807) is 6.07 Å². The molecule has 0 aliphatic rings. The molecular formula is C23H18F3N5O2S2. The summed E-state index contributed by atoms with van der Waals surface area (Å²) in [5.41, 5.74) is 5.39. The highest BCUT2D eigenvalue weighted by Gasteiger charge is 2.28. The van der Waals surface area contributed by atoms with Gasteiger partial charge in [0.2, 0.25) is 5.95 Å². The fourth-order valence-corrected chi connectivity index (χ4v) is 5.38. The van der Waals surface area contributed by atoms with Gasteiger partial charge in [-0.1, -0.05) is 32.9 Å². The van der Waals surface area contributed by atoms with Crippen molar-refractivity contribution in [2.45, 2.75) is 31.1 Å². The summed E-state index contributed by atoms with van der Waals surface area (Å²) in [5, 5.41) is 0.672. The van der Waals surface area contributed by atoms with Crippen LogP contribution in [-0.4, -0.2) is 23.4 Å². The zero-order valence-corrected chi connectivity index (χ0v) is 20.3. The molecule has 0 aliphatic carbocycles. The lowest BCUT2D eigenvalue weighted by molar-refractivity contribution is 0.522. The van der Waals surface area contributed by atoms with Crippen molar-refractivity contribution in [2.24, 2.45) is 0 Å². The lowest BCUT2D eigenvalue weighted by Crippen LogP contribution is -2.17. The second-order valence-electron chi connectivity index (χ2n) is 8.42. The number of nitrogens with one attached hydrogen (secondary N) is 1. The molecule has 0 saturated carbocycles. The van der Waals surface area contributed by atoms with Crippen LogP contribution in [0.15, 0.2) is 41.4 Å². The van der Waals surface area contributed by atoms with Crippen LogP contribution in [0.1, 0.15) is 25.8 Å². The second kappa shape index (κ2) is 8.83. The van der Waals surface area contributed by atoms with Crippen molar-refractivity contribution in [3.8, 4) is 21.8 Å². The summed E-state index contributed by atoms with van der Waals surface area (Å²) in [5.74, 6) is -3.84. The Kier molecular flexibility index (Phi) is 6.16. The maximum absolute atomic E-state index is 15.7. The molecule has 0 fully saturated rings. The number of nitrogens with zero attached hydrogens (tertiary/aromatic N) is 3. The Hall–Kier alpha value is -3.69. The van der Waals surface area contributed by atoms with Crippen LogP contribution in [0.4, 0.5) is 24.8 Å². The lowest BCUT2D eigenvalue weighted by atomic mass is 9.98. The predicted octanol–water partition coefficient (Wildman–Crippen LogP) is 4.97. The third-order valence-corrected chi connectivity index (χ3v) is 7.64. The Morgan fingerprint density at radius 2 is 1.86 bits per heavy atom. The highest BCUT2D eigenvalue weighted by atomic mass is 32.2. The molecule has 35 heavy (non-hydrogen) atoms. The van der Waals surface area contributed by atoms with Gasteiger partial charge >= 0.3 is 0 Å². The first-order valence-electron chi connectivity index (χ1n) is 10.1. The summed E-state index contributed by atoms with van der Waals surface area (Å²) in [6, 6.07) is 10.0. The van der Waals surface area contributed by atoms with E-state index in [0.717, 1.165) is 6.07 Å². The van der Waals surface area contributed by atoms with Gasteiger partial charge < -0.3 is 5.73 Å². The van der Waals surface area contributed by atoms with Gasteiger partial charge in [0.05, 0.1) is 27.0 Å². The third-order valence-electron chi connectivity index (χ3n) is 4.74. The molecule has 12 heteroatoms. The molecule has 3 N–H and O–H groups in total. The van der Waals surface area contributed by atoms with E-state index >= 15 is 4.39 Å². The number of hydrogen-bond acceptors (Lipinski definition) is 7. The van der Waals surface area contributed by atoms with Crippen LogP contribution < -0.4 is 10.5 Å². The highest BCUT2D eigenvalue weighted by Crippen LogP contribution is 2.42. The molecule has 2 aromatic heterocycles. The number of rotatable bonds is 5. The largest absolute Gasteiger partial charge is 0.368 e. The number of nitrogens with two attached hydrogens (primary N) is 1. The first-order valence-corrected chi connectivity index (χ1v) is 12.4. The fraction of sp³-hybridized carbons (Fsp3) is 0.174. The summed E-state index contributed by atoms with van der Waals surface area (Å²) in [6.07, 6.45) is 1.45. The molecule has 0 aliphatic heterocycles. The molecule has 0 radical (unpaired) electrons. The second-order valence-corrected chi connectivity index (χ2v) is 11.0. The number of aromatic nitrogens is 3. The molecular weight excluding hydrogens is 499 g/mol. The Labute approximate surface area is 204 Å². The van der Waals surface area contributed by atoms with E-state index in [1.807, 2.05) is 37.6 Å². The molecule has 180 valence electrons. The molecule has 7 nitrogen and oxygen atoms in total. The number of thiazole rings is 1. The Balaban J connectivity index is 1.85.